The molecule has 0 aliphatic carbocycles. The summed E-state index contributed by atoms with van der Waals surface area (Å²) in [5.74, 6) is 0.954. The number of anilines is 1. The zero-order valence-electron chi connectivity index (χ0n) is 17.4. The van der Waals surface area contributed by atoms with Gasteiger partial charge in [0.15, 0.2) is 0 Å². The molecule has 1 unspecified atom stereocenters. The molecular weight excluding hydrogens is 416 g/mol. The Balaban J connectivity index is 0.00000272. The van der Waals surface area contributed by atoms with Crippen molar-refractivity contribution in [2.45, 2.75) is 32.4 Å². The summed E-state index contributed by atoms with van der Waals surface area (Å²) in [6, 6.07) is 9.23. The Bertz CT molecular complexity index is 1150. The molecule has 31 heavy (non-hydrogen) atoms. The summed E-state index contributed by atoms with van der Waals surface area (Å²) in [6.45, 7) is 2.39. The molecule has 1 aliphatic heterocycles. The van der Waals surface area contributed by atoms with Gasteiger partial charge in [0.1, 0.15) is 17.2 Å². The van der Waals surface area contributed by atoms with Crippen molar-refractivity contribution < 1.29 is 14.0 Å². The van der Waals surface area contributed by atoms with Crippen molar-refractivity contribution in [2.24, 2.45) is 5.73 Å². The van der Waals surface area contributed by atoms with E-state index in [9.17, 15) is 9.59 Å². The first-order valence-electron chi connectivity index (χ1n) is 9.88. The highest BCUT2D eigenvalue weighted by Gasteiger charge is 2.21. The van der Waals surface area contributed by atoms with Crippen LogP contribution in [-0.2, 0) is 22.6 Å². The minimum Gasteiger partial charge on any atom is -0.459 e. The highest BCUT2D eigenvalue weighted by molar-refractivity contribution is 5.95. The number of rotatable bonds is 4. The Morgan fingerprint density at radius 2 is 2.16 bits per heavy atom. The zero-order valence-corrected chi connectivity index (χ0v) is 18.2. The average Bonchev–Trinajstić information content (AvgIpc) is 2.98. The highest BCUT2D eigenvalue weighted by Crippen LogP contribution is 2.26. The second-order valence-electron chi connectivity index (χ2n) is 7.58. The van der Waals surface area contributed by atoms with E-state index in [1.165, 1.54) is 6.08 Å². The molecule has 4 rings (SSSR count). The highest BCUT2D eigenvalue weighted by atomic mass is 35.5. The third-order valence-electron chi connectivity index (χ3n) is 5.41. The van der Waals surface area contributed by atoms with Gasteiger partial charge < -0.3 is 20.4 Å². The van der Waals surface area contributed by atoms with Crippen molar-refractivity contribution in [1.82, 2.24) is 9.88 Å². The first kappa shape index (κ1) is 22.5. The van der Waals surface area contributed by atoms with Gasteiger partial charge >= 0.3 is 0 Å². The van der Waals surface area contributed by atoms with Gasteiger partial charge in [-0.25, -0.2) is 4.98 Å². The van der Waals surface area contributed by atoms with Crippen LogP contribution >= 0.6 is 12.4 Å². The molecule has 1 aliphatic rings. The number of carbonyl (C=O) groups excluding carboxylic acids is 2. The molecule has 0 saturated carbocycles. The fourth-order valence-corrected chi connectivity index (χ4v) is 3.54. The van der Waals surface area contributed by atoms with Crippen LogP contribution in [-0.4, -0.2) is 34.8 Å². The maximum absolute atomic E-state index is 12.6. The summed E-state index contributed by atoms with van der Waals surface area (Å²) in [7, 11) is 1.74. The van der Waals surface area contributed by atoms with Gasteiger partial charge in [-0.2, -0.15) is 0 Å². The molecule has 3 heterocycles. The van der Waals surface area contributed by atoms with Crippen LogP contribution in [0.2, 0.25) is 0 Å². The first-order valence-corrected chi connectivity index (χ1v) is 9.88. The van der Waals surface area contributed by atoms with Crippen LogP contribution in [0.4, 0.5) is 5.82 Å². The van der Waals surface area contributed by atoms with E-state index in [0.717, 1.165) is 33.4 Å². The molecule has 0 spiro atoms. The summed E-state index contributed by atoms with van der Waals surface area (Å²) in [5, 5.41) is 3.80. The topological polar surface area (TPSA) is 101 Å². The van der Waals surface area contributed by atoms with Crippen LogP contribution in [0.15, 0.2) is 47.0 Å². The standard InChI is InChI=1S/C23H24N4O3.ClH/c1-14-17-5-3-4-6-19(17)30-20(14)13-27(2)21(28)10-7-15-11-16-8-9-18(24)23(29)26-22(16)25-12-15;/h3-7,10-12,18H,8-9,13,24H2,1-2H3,(H,25,26,29);1H/b10-7+;. The number of carbonyl (C=O) groups is 2. The lowest BCUT2D eigenvalue weighted by atomic mass is 10.1. The summed E-state index contributed by atoms with van der Waals surface area (Å²) >= 11 is 0. The molecule has 3 N–H and O–H groups in total. The van der Waals surface area contributed by atoms with Gasteiger partial charge in [0, 0.05) is 30.3 Å². The quantitative estimate of drug-likeness (QED) is 0.605. The number of benzene rings is 1. The molecular formula is C23H25ClN4O3. The number of halogens is 1. The molecule has 162 valence electrons. The number of hydrogen-bond acceptors (Lipinski definition) is 5. The van der Waals surface area contributed by atoms with E-state index in [1.54, 1.807) is 24.2 Å². The number of fused-ring (bicyclic) bond motifs is 2. The number of aromatic nitrogens is 1. The first-order chi connectivity index (χ1) is 14.4. The van der Waals surface area contributed by atoms with E-state index in [-0.39, 0.29) is 24.2 Å². The molecule has 0 radical (unpaired) electrons. The van der Waals surface area contributed by atoms with Crippen LogP contribution in [0.25, 0.3) is 17.0 Å². The van der Waals surface area contributed by atoms with Gasteiger partial charge in [0.2, 0.25) is 11.8 Å². The minimum absolute atomic E-state index is 0. The van der Waals surface area contributed by atoms with E-state index in [0.29, 0.717) is 25.2 Å². The van der Waals surface area contributed by atoms with Crippen molar-refractivity contribution in [1.29, 1.82) is 0 Å². The number of furan rings is 1. The number of para-hydroxylation sites is 1. The van der Waals surface area contributed by atoms with Gasteiger partial charge in [-0.05, 0) is 49.1 Å². The second kappa shape index (κ2) is 9.32. The van der Waals surface area contributed by atoms with Crippen molar-refractivity contribution in [3.8, 4) is 0 Å². The van der Waals surface area contributed by atoms with E-state index < -0.39 is 6.04 Å². The third kappa shape index (κ3) is 4.78. The van der Waals surface area contributed by atoms with E-state index in [4.69, 9.17) is 10.2 Å². The molecule has 0 bridgehead atoms. The van der Waals surface area contributed by atoms with Gasteiger partial charge in [-0.15, -0.1) is 12.4 Å². The number of amides is 2. The number of nitrogens with zero attached hydrogens (tertiary/aromatic N) is 2. The number of aryl methyl sites for hydroxylation is 2. The molecule has 8 heteroatoms. The summed E-state index contributed by atoms with van der Waals surface area (Å²) in [5.41, 5.74) is 9.39. The van der Waals surface area contributed by atoms with Crippen LogP contribution in [0.3, 0.4) is 0 Å². The van der Waals surface area contributed by atoms with Crippen LogP contribution in [0.1, 0.15) is 28.9 Å². The number of nitrogens with one attached hydrogen (secondary N) is 1. The maximum Gasteiger partial charge on any atom is 0.246 e. The molecule has 0 fully saturated rings. The lowest BCUT2D eigenvalue weighted by molar-refractivity contribution is -0.125. The normalized spacial score (nSPS) is 15.8. The van der Waals surface area contributed by atoms with Crippen LogP contribution < -0.4 is 11.1 Å². The summed E-state index contributed by atoms with van der Waals surface area (Å²) < 4.78 is 5.90. The molecule has 1 atom stereocenters. The average molecular weight is 441 g/mol. The van der Waals surface area contributed by atoms with Gasteiger partial charge in [0.05, 0.1) is 12.6 Å². The molecule has 7 nitrogen and oxygen atoms in total. The smallest absolute Gasteiger partial charge is 0.246 e. The Labute approximate surface area is 186 Å². The van der Waals surface area contributed by atoms with Crippen molar-refractivity contribution in [3.05, 3.63) is 65.1 Å². The zero-order chi connectivity index (χ0) is 21.3. The predicted molar refractivity (Wildman–Crippen MR) is 123 cm³/mol. The SMILES string of the molecule is Cc1c(CN(C)C(=O)/C=C/c2cnc3c(c2)CCC(N)C(=O)N3)oc2ccccc12.Cl. The fourth-order valence-electron chi connectivity index (χ4n) is 3.54. The van der Waals surface area contributed by atoms with Crippen LogP contribution in [0.5, 0.6) is 0 Å². The largest absolute Gasteiger partial charge is 0.459 e. The summed E-state index contributed by atoms with van der Waals surface area (Å²) in [4.78, 5) is 30.3. The van der Waals surface area contributed by atoms with Crippen molar-refractivity contribution >= 4 is 47.1 Å². The number of pyridine rings is 1. The molecule has 3 aromatic rings. The van der Waals surface area contributed by atoms with Crippen molar-refractivity contribution in [2.75, 3.05) is 12.4 Å². The van der Waals surface area contributed by atoms with Crippen LogP contribution in [0, 0.1) is 6.92 Å². The predicted octanol–water partition coefficient (Wildman–Crippen LogP) is 3.44. The van der Waals surface area contributed by atoms with Gasteiger partial charge in [-0.1, -0.05) is 18.2 Å². The monoisotopic (exact) mass is 440 g/mol. The lowest BCUT2D eigenvalue weighted by Crippen LogP contribution is -2.34. The molecule has 2 aromatic heterocycles. The number of nitrogens with two attached hydrogens (primary N) is 1. The fraction of sp³-hybridized carbons (Fsp3) is 0.261. The molecule has 0 saturated heterocycles. The molecule has 1 aromatic carbocycles. The van der Waals surface area contributed by atoms with E-state index in [2.05, 4.69) is 10.3 Å². The van der Waals surface area contributed by atoms with E-state index >= 15 is 0 Å². The Kier molecular flexibility index (Phi) is 6.77. The second-order valence-corrected chi connectivity index (χ2v) is 7.58. The minimum atomic E-state index is -0.532. The summed E-state index contributed by atoms with van der Waals surface area (Å²) in [6.07, 6.45) is 6.09. The van der Waals surface area contributed by atoms with E-state index in [1.807, 2.05) is 37.3 Å². The lowest BCUT2D eigenvalue weighted by Gasteiger charge is -2.14. The third-order valence-corrected chi connectivity index (χ3v) is 5.41. The number of hydrogen-bond donors (Lipinski definition) is 2. The van der Waals surface area contributed by atoms with Crippen molar-refractivity contribution in [3.63, 3.8) is 0 Å². The number of likely N-dealkylation sites (N-methyl/N-ethyl adjacent to an activating group) is 1. The Morgan fingerprint density at radius 3 is 2.94 bits per heavy atom. The Morgan fingerprint density at radius 1 is 1.39 bits per heavy atom. The van der Waals surface area contributed by atoms with Gasteiger partial charge in [0.25, 0.3) is 0 Å². The maximum atomic E-state index is 12.6. The molecule has 2 amide bonds. The van der Waals surface area contributed by atoms with Gasteiger partial charge in [-0.3, -0.25) is 9.59 Å². The Hall–Kier alpha value is -3.16.